The van der Waals surface area contributed by atoms with Gasteiger partial charge in [0.1, 0.15) is 5.00 Å². The van der Waals surface area contributed by atoms with Gasteiger partial charge in [-0.25, -0.2) is 13.2 Å². The number of thiophene rings is 1. The lowest BCUT2D eigenvalue weighted by Crippen LogP contribution is -2.29. The minimum Gasteiger partial charge on any atom is -0.462 e. The Morgan fingerprint density at radius 1 is 1.03 bits per heavy atom. The molecule has 1 heterocycles. The fourth-order valence-corrected chi connectivity index (χ4v) is 6.61. The summed E-state index contributed by atoms with van der Waals surface area (Å²) in [5, 5.41) is 3.44. The fourth-order valence-electron chi connectivity index (χ4n) is 4.46. The third-order valence-corrected chi connectivity index (χ3v) is 8.95. The number of carbonyl (C=O) groups excluding carboxylic acids is 2. The normalized spacial score (nSPS) is 13.1. The molecule has 0 bridgehead atoms. The molecule has 1 aliphatic rings. The Morgan fingerprint density at radius 2 is 1.73 bits per heavy atom. The van der Waals surface area contributed by atoms with Crippen LogP contribution in [-0.2, 0) is 34.1 Å². The van der Waals surface area contributed by atoms with Crippen molar-refractivity contribution in [3.63, 3.8) is 0 Å². The van der Waals surface area contributed by atoms with Crippen LogP contribution in [0.2, 0.25) is 0 Å². The average molecular weight is 541 g/mol. The van der Waals surface area contributed by atoms with E-state index in [4.69, 9.17) is 4.74 Å². The van der Waals surface area contributed by atoms with Crippen molar-refractivity contribution >= 4 is 43.9 Å². The van der Waals surface area contributed by atoms with Crippen LogP contribution < -0.4 is 9.62 Å². The van der Waals surface area contributed by atoms with Crippen molar-refractivity contribution in [1.29, 1.82) is 0 Å². The van der Waals surface area contributed by atoms with E-state index in [2.05, 4.69) is 5.32 Å². The lowest BCUT2D eigenvalue weighted by molar-refractivity contribution is 0.0526. The van der Waals surface area contributed by atoms with Gasteiger partial charge >= 0.3 is 5.97 Å². The first-order chi connectivity index (χ1) is 17.6. The molecule has 196 valence electrons. The van der Waals surface area contributed by atoms with E-state index in [9.17, 15) is 18.0 Å². The van der Waals surface area contributed by atoms with Gasteiger partial charge in [-0.3, -0.25) is 9.10 Å². The monoisotopic (exact) mass is 540 g/mol. The van der Waals surface area contributed by atoms with Crippen molar-refractivity contribution in [3.05, 3.63) is 80.7 Å². The number of ether oxygens (including phenoxy) is 1. The number of fused-ring (bicyclic) bond motifs is 1. The molecule has 0 fully saturated rings. The van der Waals surface area contributed by atoms with Gasteiger partial charge in [0.15, 0.2) is 0 Å². The van der Waals surface area contributed by atoms with Crippen LogP contribution in [0.3, 0.4) is 0 Å². The molecular weight excluding hydrogens is 508 g/mol. The molecular formula is C28H32N2O5S2. The van der Waals surface area contributed by atoms with Gasteiger partial charge < -0.3 is 10.1 Å². The topological polar surface area (TPSA) is 92.8 Å². The Hall–Kier alpha value is -3.17. The Balaban J connectivity index is 1.54. The van der Waals surface area contributed by atoms with Crippen molar-refractivity contribution in [1.82, 2.24) is 0 Å². The summed E-state index contributed by atoms with van der Waals surface area (Å²) in [6, 6.07) is 12.4. The van der Waals surface area contributed by atoms with Gasteiger partial charge in [-0.15, -0.1) is 11.3 Å². The number of nitrogens with one attached hydrogen (secondary N) is 1. The number of hydrogen-bond acceptors (Lipinski definition) is 6. The number of benzene rings is 2. The molecule has 1 aromatic heterocycles. The molecule has 2 aromatic carbocycles. The van der Waals surface area contributed by atoms with Crippen LogP contribution in [0, 0.1) is 13.8 Å². The molecule has 3 aromatic rings. The van der Waals surface area contributed by atoms with Gasteiger partial charge in [-0.1, -0.05) is 18.2 Å². The number of sulfonamides is 1. The molecule has 37 heavy (non-hydrogen) atoms. The van der Waals surface area contributed by atoms with Gasteiger partial charge in [0, 0.05) is 10.4 Å². The summed E-state index contributed by atoms with van der Waals surface area (Å²) in [7, 11) is -3.52. The zero-order chi connectivity index (χ0) is 26.7. The molecule has 0 atom stereocenters. The van der Waals surface area contributed by atoms with Crippen LogP contribution in [0.5, 0.6) is 0 Å². The average Bonchev–Trinajstić information content (AvgIpc) is 3.22. The van der Waals surface area contributed by atoms with E-state index in [0.717, 1.165) is 52.8 Å². The van der Waals surface area contributed by atoms with Gasteiger partial charge in [-0.2, -0.15) is 0 Å². The van der Waals surface area contributed by atoms with E-state index < -0.39 is 16.0 Å². The summed E-state index contributed by atoms with van der Waals surface area (Å²) in [5.41, 5.74) is 5.33. The fraction of sp³-hybridized carbons (Fsp3) is 0.357. The molecule has 4 rings (SSSR count). The van der Waals surface area contributed by atoms with E-state index in [1.54, 1.807) is 37.3 Å². The number of aryl methyl sites for hydroxylation is 3. The highest BCUT2D eigenvalue weighted by atomic mass is 32.2. The van der Waals surface area contributed by atoms with E-state index >= 15 is 0 Å². The Morgan fingerprint density at radius 3 is 2.38 bits per heavy atom. The molecule has 0 saturated heterocycles. The van der Waals surface area contributed by atoms with Crippen molar-refractivity contribution in [2.45, 2.75) is 53.0 Å². The second-order valence-corrected chi connectivity index (χ2v) is 12.3. The first kappa shape index (κ1) is 26.9. The minimum atomic E-state index is -3.52. The molecule has 9 heteroatoms. The summed E-state index contributed by atoms with van der Waals surface area (Å²) in [5.74, 6) is -0.732. The summed E-state index contributed by atoms with van der Waals surface area (Å²) < 4.78 is 31.7. The van der Waals surface area contributed by atoms with E-state index in [0.29, 0.717) is 21.8 Å². The Labute approximate surface area is 222 Å². The molecule has 0 aliphatic heterocycles. The third-order valence-electron chi connectivity index (χ3n) is 6.60. The first-order valence-corrected chi connectivity index (χ1v) is 15.0. The highest BCUT2D eigenvalue weighted by Crippen LogP contribution is 2.39. The third kappa shape index (κ3) is 6.05. The maximum Gasteiger partial charge on any atom is 0.341 e. The lowest BCUT2D eigenvalue weighted by atomic mass is 9.95. The standard InChI is InChI=1S/C28H32N2O5S2/c1-5-35-28(32)25-23-8-6-7-9-24(23)36-27(25)29-26(31)21-13-11-20(12-14-21)17-30(37(4,33)34)22-15-10-18(2)19(3)16-22/h10-16H,5-9,17H2,1-4H3,(H,29,31). The largest absolute Gasteiger partial charge is 0.462 e. The van der Waals surface area contributed by atoms with Gasteiger partial charge in [0.25, 0.3) is 5.91 Å². The van der Waals surface area contributed by atoms with Gasteiger partial charge in [0.05, 0.1) is 30.7 Å². The van der Waals surface area contributed by atoms with Crippen LogP contribution in [0.4, 0.5) is 10.7 Å². The smallest absolute Gasteiger partial charge is 0.341 e. The Bertz CT molecular complexity index is 1430. The van der Waals surface area contributed by atoms with Crippen molar-refractivity contribution in [3.8, 4) is 0 Å². The number of anilines is 2. The van der Waals surface area contributed by atoms with Crippen LogP contribution in [0.15, 0.2) is 42.5 Å². The van der Waals surface area contributed by atoms with Crippen LogP contribution >= 0.6 is 11.3 Å². The second-order valence-electron chi connectivity index (χ2n) is 9.32. The highest BCUT2D eigenvalue weighted by molar-refractivity contribution is 7.92. The van der Waals surface area contributed by atoms with Crippen molar-refractivity contribution in [2.75, 3.05) is 22.5 Å². The number of amides is 1. The van der Waals surface area contributed by atoms with Crippen LogP contribution in [0.1, 0.15) is 67.6 Å². The maximum atomic E-state index is 13.1. The van der Waals surface area contributed by atoms with Crippen LogP contribution in [-0.4, -0.2) is 33.2 Å². The molecule has 0 radical (unpaired) electrons. The number of esters is 1. The SMILES string of the molecule is CCOC(=O)c1c(NC(=O)c2ccc(CN(c3ccc(C)c(C)c3)S(C)(=O)=O)cc2)sc2c1CCCC2. The molecule has 0 spiro atoms. The molecule has 7 nitrogen and oxygen atoms in total. The second kappa shape index (κ2) is 11.1. The highest BCUT2D eigenvalue weighted by Gasteiger charge is 2.27. The zero-order valence-corrected chi connectivity index (χ0v) is 23.2. The van der Waals surface area contributed by atoms with Gasteiger partial charge in [-0.05, 0) is 93.0 Å². The summed E-state index contributed by atoms with van der Waals surface area (Å²) in [6.45, 7) is 6.11. The first-order valence-electron chi connectivity index (χ1n) is 12.4. The predicted molar refractivity (Wildman–Crippen MR) is 148 cm³/mol. The van der Waals surface area contributed by atoms with Gasteiger partial charge in [0.2, 0.25) is 10.0 Å². The van der Waals surface area contributed by atoms with E-state index in [1.165, 1.54) is 21.9 Å². The van der Waals surface area contributed by atoms with Crippen molar-refractivity contribution in [2.24, 2.45) is 0 Å². The van der Waals surface area contributed by atoms with Crippen molar-refractivity contribution < 1.29 is 22.7 Å². The summed E-state index contributed by atoms with van der Waals surface area (Å²) in [6.07, 6.45) is 4.97. The molecule has 1 aliphatic carbocycles. The number of hydrogen-bond donors (Lipinski definition) is 1. The Kier molecular flexibility index (Phi) is 8.04. The summed E-state index contributed by atoms with van der Waals surface area (Å²) in [4.78, 5) is 26.9. The zero-order valence-electron chi connectivity index (χ0n) is 21.6. The number of rotatable bonds is 8. The number of nitrogens with zero attached hydrogens (tertiary/aromatic N) is 1. The van der Waals surface area contributed by atoms with Crippen LogP contribution in [0.25, 0.3) is 0 Å². The number of carbonyl (C=O) groups is 2. The molecule has 1 amide bonds. The quantitative estimate of drug-likeness (QED) is 0.373. The molecule has 0 saturated carbocycles. The molecule has 0 unspecified atom stereocenters. The maximum absolute atomic E-state index is 13.1. The van der Waals surface area contributed by atoms with E-state index in [1.807, 2.05) is 26.0 Å². The predicted octanol–water partition coefficient (Wildman–Crippen LogP) is 5.64. The summed E-state index contributed by atoms with van der Waals surface area (Å²) >= 11 is 1.45. The lowest BCUT2D eigenvalue weighted by Gasteiger charge is -2.23. The minimum absolute atomic E-state index is 0.147. The molecule has 1 N–H and O–H groups in total. The van der Waals surface area contributed by atoms with E-state index in [-0.39, 0.29) is 19.1 Å².